The predicted molar refractivity (Wildman–Crippen MR) is 127 cm³/mol. The number of hydrogen-bond acceptors (Lipinski definition) is 5. The van der Waals surface area contributed by atoms with E-state index in [2.05, 4.69) is 5.32 Å². The van der Waals surface area contributed by atoms with Gasteiger partial charge in [0.25, 0.3) is 5.91 Å². The Morgan fingerprint density at radius 3 is 2.55 bits per heavy atom. The molecule has 0 aliphatic carbocycles. The highest BCUT2D eigenvalue weighted by Gasteiger charge is 2.36. The first-order chi connectivity index (χ1) is 15.9. The fourth-order valence-electron chi connectivity index (χ4n) is 3.96. The summed E-state index contributed by atoms with van der Waals surface area (Å²) in [6, 6.07) is 9.69. The fourth-order valence-corrected chi connectivity index (χ4v) is 4.13. The number of halogens is 1. The number of hydrogen-bond donors (Lipinski definition) is 1. The first-order valence-corrected chi connectivity index (χ1v) is 11.5. The van der Waals surface area contributed by atoms with Gasteiger partial charge in [0, 0.05) is 11.6 Å². The SMILES string of the molecule is CCCOc1ccc(C(C)NC(=O)C2CCCN2C(=O)c2cc(Cl)ccc2OC)cc1OC. The minimum atomic E-state index is -0.558. The van der Waals surface area contributed by atoms with Gasteiger partial charge < -0.3 is 24.4 Å². The molecule has 0 spiro atoms. The van der Waals surface area contributed by atoms with Crippen molar-refractivity contribution in [2.75, 3.05) is 27.4 Å². The molecular formula is C25H31ClN2O5. The van der Waals surface area contributed by atoms with E-state index < -0.39 is 6.04 Å². The second kappa shape index (κ2) is 11.3. The second-order valence-corrected chi connectivity index (χ2v) is 8.43. The van der Waals surface area contributed by atoms with Gasteiger partial charge in [-0.25, -0.2) is 0 Å². The number of benzene rings is 2. The molecule has 1 fully saturated rings. The van der Waals surface area contributed by atoms with Crippen molar-refractivity contribution < 1.29 is 23.8 Å². The molecule has 1 heterocycles. The van der Waals surface area contributed by atoms with Crippen LogP contribution in [0, 0.1) is 0 Å². The van der Waals surface area contributed by atoms with Crippen LogP contribution in [0.15, 0.2) is 36.4 Å². The van der Waals surface area contributed by atoms with Gasteiger partial charge in [-0.2, -0.15) is 0 Å². The average molecular weight is 475 g/mol. The number of carbonyl (C=O) groups is 2. The van der Waals surface area contributed by atoms with Crippen LogP contribution in [0.2, 0.25) is 5.02 Å². The summed E-state index contributed by atoms with van der Waals surface area (Å²) in [7, 11) is 3.09. The van der Waals surface area contributed by atoms with E-state index in [9.17, 15) is 9.59 Å². The molecule has 2 aromatic carbocycles. The number of nitrogens with zero attached hydrogens (tertiary/aromatic N) is 1. The summed E-state index contributed by atoms with van der Waals surface area (Å²) in [6.45, 7) is 5.04. The van der Waals surface area contributed by atoms with Gasteiger partial charge in [-0.3, -0.25) is 9.59 Å². The van der Waals surface area contributed by atoms with E-state index in [-0.39, 0.29) is 17.9 Å². The highest BCUT2D eigenvalue weighted by Crippen LogP contribution is 2.31. The van der Waals surface area contributed by atoms with Crippen molar-refractivity contribution in [1.29, 1.82) is 0 Å². The van der Waals surface area contributed by atoms with Crippen LogP contribution >= 0.6 is 11.6 Å². The number of ether oxygens (including phenoxy) is 3. The molecular weight excluding hydrogens is 444 g/mol. The highest BCUT2D eigenvalue weighted by atomic mass is 35.5. The van der Waals surface area contributed by atoms with Crippen LogP contribution in [-0.4, -0.2) is 50.1 Å². The largest absolute Gasteiger partial charge is 0.496 e. The summed E-state index contributed by atoms with van der Waals surface area (Å²) in [5.74, 6) is 1.26. The van der Waals surface area contributed by atoms with Crippen LogP contribution in [0.4, 0.5) is 0 Å². The van der Waals surface area contributed by atoms with Crippen LogP contribution in [0.25, 0.3) is 0 Å². The molecule has 8 heteroatoms. The lowest BCUT2D eigenvalue weighted by atomic mass is 10.1. The standard InChI is InChI=1S/C25H31ClN2O5/c1-5-13-33-22-10-8-17(14-23(22)32-4)16(2)27-24(29)20-7-6-12-28(20)25(30)19-15-18(26)9-11-21(19)31-3/h8-11,14-16,20H,5-7,12-13H2,1-4H3,(H,27,29). The summed E-state index contributed by atoms with van der Waals surface area (Å²) >= 11 is 6.10. The van der Waals surface area contributed by atoms with Crippen molar-refractivity contribution in [3.63, 3.8) is 0 Å². The van der Waals surface area contributed by atoms with E-state index in [0.29, 0.717) is 47.4 Å². The van der Waals surface area contributed by atoms with Crippen molar-refractivity contribution in [2.24, 2.45) is 0 Å². The molecule has 3 rings (SSSR count). The molecule has 178 valence electrons. The van der Waals surface area contributed by atoms with Gasteiger partial charge in [-0.1, -0.05) is 24.6 Å². The van der Waals surface area contributed by atoms with Crippen molar-refractivity contribution in [1.82, 2.24) is 10.2 Å². The average Bonchev–Trinajstić information content (AvgIpc) is 3.32. The molecule has 33 heavy (non-hydrogen) atoms. The molecule has 2 atom stereocenters. The molecule has 0 aromatic heterocycles. The normalized spacial score (nSPS) is 16.3. The van der Waals surface area contributed by atoms with Gasteiger partial charge in [0.2, 0.25) is 5.91 Å². The predicted octanol–water partition coefficient (Wildman–Crippen LogP) is 4.63. The Morgan fingerprint density at radius 1 is 1.12 bits per heavy atom. The van der Waals surface area contributed by atoms with Gasteiger partial charge in [0.1, 0.15) is 11.8 Å². The lowest BCUT2D eigenvalue weighted by Gasteiger charge is -2.26. The molecule has 1 aliphatic rings. The van der Waals surface area contributed by atoms with Crippen molar-refractivity contribution in [2.45, 2.75) is 45.2 Å². The fraction of sp³-hybridized carbons (Fsp3) is 0.440. The first kappa shape index (κ1) is 24.7. The van der Waals surface area contributed by atoms with Crippen molar-refractivity contribution in [3.8, 4) is 17.2 Å². The van der Waals surface area contributed by atoms with Crippen LogP contribution in [0.1, 0.15) is 55.1 Å². The van der Waals surface area contributed by atoms with Gasteiger partial charge >= 0.3 is 0 Å². The van der Waals surface area contributed by atoms with Gasteiger partial charge in [-0.15, -0.1) is 0 Å². The molecule has 0 radical (unpaired) electrons. The van der Waals surface area contributed by atoms with Gasteiger partial charge in [0.05, 0.1) is 32.4 Å². The van der Waals surface area contributed by atoms with Crippen LogP contribution in [0.5, 0.6) is 17.2 Å². The number of methoxy groups -OCH3 is 2. The summed E-state index contributed by atoms with van der Waals surface area (Å²) in [6.07, 6.45) is 2.24. The Kier molecular flexibility index (Phi) is 8.44. The van der Waals surface area contributed by atoms with E-state index in [0.717, 1.165) is 18.4 Å². The molecule has 2 unspecified atom stereocenters. The Hall–Kier alpha value is -2.93. The van der Waals surface area contributed by atoms with Gasteiger partial charge in [0.15, 0.2) is 11.5 Å². The Bertz CT molecular complexity index is 997. The quantitative estimate of drug-likeness (QED) is 0.573. The first-order valence-electron chi connectivity index (χ1n) is 11.1. The minimum Gasteiger partial charge on any atom is -0.496 e. The van der Waals surface area contributed by atoms with E-state index in [1.54, 1.807) is 30.2 Å². The summed E-state index contributed by atoms with van der Waals surface area (Å²) < 4.78 is 16.5. The van der Waals surface area contributed by atoms with E-state index in [1.165, 1.54) is 7.11 Å². The molecule has 0 bridgehead atoms. The second-order valence-electron chi connectivity index (χ2n) is 7.99. The summed E-state index contributed by atoms with van der Waals surface area (Å²) in [4.78, 5) is 28.0. The Morgan fingerprint density at radius 2 is 1.85 bits per heavy atom. The summed E-state index contributed by atoms with van der Waals surface area (Å²) in [5, 5.41) is 3.48. The zero-order valence-electron chi connectivity index (χ0n) is 19.5. The number of amides is 2. The lowest BCUT2D eigenvalue weighted by molar-refractivity contribution is -0.125. The maximum Gasteiger partial charge on any atom is 0.258 e. The maximum absolute atomic E-state index is 13.2. The molecule has 1 saturated heterocycles. The zero-order valence-corrected chi connectivity index (χ0v) is 20.3. The monoisotopic (exact) mass is 474 g/mol. The molecule has 2 amide bonds. The maximum atomic E-state index is 13.2. The molecule has 7 nitrogen and oxygen atoms in total. The number of rotatable bonds is 9. The third-order valence-corrected chi connectivity index (χ3v) is 5.95. The minimum absolute atomic E-state index is 0.195. The van der Waals surface area contributed by atoms with E-state index in [1.807, 2.05) is 32.0 Å². The number of nitrogens with one attached hydrogen (secondary N) is 1. The summed E-state index contributed by atoms with van der Waals surface area (Å²) in [5.41, 5.74) is 1.24. The zero-order chi connectivity index (χ0) is 24.0. The molecule has 0 saturated carbocycles. The highest BCUT2D eigenvalue weighted by molar-refractivity contribution is 6.31. The van der Waals surface area contributed by atoms with Gasteiger partial charge in [-0.05, 0) is 62.1 Å². The Balaban J connectivity index is 1.73. The number of likely N-dealkylation sites (tertiary alicyclic amines) is 1. The third kappa shape index (κ3) is 5.71. The lowest BCUT2D eigenvalue weighted by Crippen LogP contribution is -2.46. The smallest absolute Gasteiger partial charge is 0.258 e. The van der Waals surface area contributed by atoms with E-state index >= 15 is 0 Å². The molecule has 1 aliphatic heterocycles. The van der Waals surface area contributed by atoms with Crippen molar-refractivity contribution >= 4 is 23.4 Å². The van der Waals surface area contributed by atoms with Crippen molar-refractivity contribution in [3.05, 3.63) is 52.5 Å². The molecule has 2 aromatic rings. The van der Waals surface area contributed by atoms with Crippen LogP contribution in [0.3, 0.4) is 0 Å². The number of carbonyl (C=O) groups excluding carboxylic acids is 2. The van der Waals surface area contributed by atoms with Crippen LogP contribution < -0.4 is 19.5 Å². The molecule has 1 N–H and O–H groups in total. The third-order valence-electron chi connectivity index (χ3n) is 5.72. The van der Waals surface area contributed by atoms with Crippen LogP contribution in [-0.2, 0) is 4.79 Å². The topological polar surface area (TPSA) is 77.1 Å². The van der Waals surface area contributed by atoms with E-state index in [4.69, 9.17) is 25.8 Å². The Labute approximate surface area is 200 Å².